The second-order valence-electron chi connectivity index (χ2n) is 3.58. The monoisotopic (exact) mass is 164 g/mol. The van der Waals surface area contributed by atoms with Crippen LogP contribution < -0.4 is 5.32 Å². The van der Waals surface area contributed by atoms with E-state index in [1.165, 1.54) is 19.4 Å². The standard InChI is InChI=1S/C10H16N2/c1-9-10(5-4-6-11-9)12-7-2-3-8-12/h2-3,7-11H,4-6H2,1H3. The second-order valence-corrected chi connectivity index (χ2v) is 3.58. The Hall–Kier alpha value is -0.760. The van der Waals surface area contributed by atoms with Crippen molar-refractivity contribution < 1.29 is 0 Å². The molecule has 2 heteroatoms. The lowest BCUT2D eigenvalue weighted by Gasteiger charge is -2.31. The lowest BCUT2D eigenvalue weighted by molar-refractivity contribution is 0.296. The van der Waals surface area contributed by atoms with Crippen molar-refractivity contribution in [3.05, 3.63) is 24.5 Å². The smallest absolute Gasteiger partial charge is 0.0481 e. The zero-order valence-corrected chi connectivity index (χ0v) is 7.53. The van der Waals surface area contributed by atoms with Gasteiger partial charge < -0.3 is 9.88 Å². The molecule has 0 aromatic carbocycles. The summed E-state index contributed by atoms with van der Waals surface area (Å²) in [7, 11) is 0. The van der Waals surface area contributed by atoms with E-state index < -0.39 is 0 Å². The van der Waals surface area contributed by atoms with E-state index in [2.05, 4.69) is 41.3 Å². The number of aromatic nitrogens is 1. The van der Waals surface area contributed by atoms with Gasteiger partial charge in [-0.15, -0.1) is 0 Å². The number of nitrogens with zero attached hydrogens (tertiary/aromatic N) is 1. The summed E-state index contributed by atoms with van der Waals surface area (Å²) in [5, 5.41) is 3.50. The minimum atomic E-state index is 0.617. The number of nitrogens with one attached hydrogen (secondary N) is 1. The van der Waals surface area contributed by atoms with Crippen molar-refractivity contribution in [3.63, 3.8) is 0 Å². The van der Waals surface area contributed by atoms with Gasteiger partial charge in [-0.25, -0.2) is 0 Å². The van der Waals surface area contributed by atoms with E-state index in [1.807, 2.05) is 0 Å². The Morgan fingerprint density at radius 1 is 1.33 bits per heavy atom. The molecular weight excluding hydrogens is 148 g/mol. The third-order valence-electron chi connectivity index (χ3n) is 2.73. The first-order valence-corrected chi connectivity index (χ1v) is 4.74. The molecule has 1 saturated heterocycles. The van der Waals surface area contributed by atoms with Gasteiger partial charge in [0.05, 0.1) is 0 Å². The molecule has 0 saturated carbocycles. The highest BCUT2D eigenvalue weighted by molar-refractivity contribution is 4.96. The van der Waals surface area contributed by atoms with Crippen LogP contribution in [0.4, 0.5) is 0 Å². The quantitative estimate of drug-likeness (QED) is 0.669. The molecule has 1 aromatic heterocycles. The SMILES string of the molecule is CC1NCCCC1n1cccc1. The highest BCUT2D eigenvalue weighted by Crippen LogP contribution is 2.21. The predicted octanol–water partition coefficient (Wildman–Crippen LogP) is 1.80. The summed E-state index contributed by atoms with van der Waals surface area (Å²) in [5.74, 6) is 0. The van der Waals surface area contributed by atoms with Crippen molar-refractivity contribution >= 4 is 0 Å². The van der Waals surface area contributed by atoms with E-state index in [4.69, 9.17) is 0 Å². The molecule has 0 spiro atoms. The molecule has 0 amide bonds. The largest absolute Gasteiger partial charge is 0.350 e. The molecule has 2 rings (SSSR count). The Kier molecular flexibility index (Phi) is 2.17. The molecule has 12 heavy (non-hydrogen) atoms. The first-order valence-electron chi connectivity index (χ1n) is 4.74. The van der Waals surface area contributed by atoms with E-state index in [-0.39, 0.29) is 0 Å². The summed E-state index contributed by atoms with van der Waals surface area (Å²) in [4.78, 5) is 0. The normalized spacial score (nSPS) is 30.4. The number of hydrogen-bond donors (Lipinski definition) is 1. The predicted molar refractivity (Wildman–Crippen MR) is 50.2 cm³/mol. The van der Waals surface area contributed by atoms with Crippen LogP contribution in [-0.4, -0.2) is 17.2 Å². The lowest BCUT2D eigenvalue weighted by atomic mass is 10.00. The molecule has 66 valence electrons. The Morgan fingerprint density at radius 3 is 2.75 bits per heavy atom. The zero-order valence-electron chi connectivity index (χ0n) is 7.53. The third-order valence-corrected chi connectivity index (χ3v) is 2.73. The molecule has 2 unspecified atom stereocenters. The van der Waals surface area contributed by atoms with E-state index >= 15 is 0 Å². The maximum Gasteiger partial charge on any atom is 0.0481 e. The van der Waals surface area contributed by atoms with E-state index in [0.29, 0.717) is 12.1 Å². The van der Waals surface area contributed by atoms with E-state index in [1.54, 1.807) is 0 Å². The highest BCUT2D eigenvalue weighted by Gasteiger charge is 2.20. The summed E-state index contributed by atoms with van der Waals surface area (Å²) >= 11 is 0. The molecule has 0 radical (unpaired) electrons. The fraction of sp³-hybridized carbons (Fsp3) is 0.600. The summed E-state index contributed by atoms with van der Waals surface area (Å²) in [6, 6.07) is 5.47. The van der Waals surface area contributed by atoms with Crippen LogP contribution in [0, 0.1) is 0 Å². The van der Waals surface area contributed by atoms with Crippen LogP contribution in [0.25, 0.3) is 0 Å². The van der Waals surface area contributed by atoms with Gasteiger partial charge in [0.2, 0.25) is 0 Å². The van der Waals surface area contributed by atoms with Crippen molar-refractivity contribution in [2.24, 2.45) is 0 Å². The maximum atomic E-state index is 3.50. The van der Waals surface area contributed by atoms with Gasteiger partial charge in [0.15, 0.2) is 0 Å². The minimum absolute atomic E-state index is 0.617. The molecule has 1 fully saturated rings. The highest BCUT2D eigenvalue weighted by atomic mass is 15.1. The average molecular weight is 164 g/mol. The summed E-state index contributed by atoms with van der Waals surface area (Å²) in [6.07, 6.45) is 6.93. The van der Waals surface area contributed by atoms with Gasteiger partial charge in [-0.3, -0.25) is 0 Å². The number of rotatable bonds is 1. The Bertz CT molecular complexity index is 228. The second kappa shape index (κ2) is 3.31. The Labute approximate surface area is 73.6 Å². The fourth-order valence-corrected chi connectivity index (χ4v) is 2.00. The number of hydrogen-bond acceptors (Lipinski definition) is 1. The van der Waals surface area contributed by atoms with Crippen molar-refractivity contribution in [2.75, 3.05) is 6.54 Å². The van der Waals surface area contributed by atoms with E-state index in [0.717, 1.165) is 0 Å². The first-order chi connectivity index (χ1) is 5.88. The topological polar surface area (TPSA) is 17.0 Å². The van der Waals surface area contributed by atoms with Crippen molar-refractivity contribution in [3.8, 4) is 0 Å². The van der Waals surface area contributed by atoms with Crippen molar-refractivity contribution in [1.29, 1.82) is 0 Å². The van der Waals surface area contributed by atoms with Crippen LogP contribution in [0.3, 0.4) is 0 Å². The fourth-order valence-electron chi connectivity index (χ4n) is 2.00. The lowest BCUT2D eigenvalue weighted by Crippen LogP contribution is -2.39. The van der Waals surface area contributed by atoms with Gasteiger partial charge in [-0.2, -0.15) is 0 Å². The summed E-state index contributed by atoms with van der Waals surface area (Å²) < 4.78 is 2.32. The van der Waals surface area contributed by atoms with Crippen LogP contribution in [0.15, 0.2) is 24.5 Å². The van der Waals surface area contributed by atoms with E-state index in [9.17, 15) is 0 Å². The Balaban J connectivity index is 2.11. The molecule has 2 nitrogen and oxygen atoms in total. The molecule has 1 N–H and O–H groups in total. The van der Waals surface area contributed by atoms with Crippen LogP contribution in [-0.2, 0) is 0 Å². The molecule has 1 aliphatic heterocycles. The molecule has 2 atom stereocenters. The molecule has 0 bridgehead atoms. The molecule has 2 heterocycles. The number of piperidine rings is 1. The third kappa shape index (κ3) is 1.39. The van der Waals surface area contributed by atoms with Crippen LogP contribution in [0.1, 0.15) is 25.8 Å². The zero-order chi connectivity index (χ0) is 8.39. The maximum absolute atomic E-state index is 3.50. The van der Waals surface area contributed by atoms with Gasteiger partial charge in [0.25, 0.3) is 0 Å². The molecular formula is C10H16N2. The molecule has 1 aromatic rings. The van der Waals surface area contributed by atoms with Gasteiger partial charge in [0.1, 0.15) is 0 Å². The van der Waals surface area contributed by atoms with Gasteiger partial charge >= 0.3 is 0 Å². The van der Waals surface area contributed by atoms with Crippen molar-refractivity contribution in [1.82, 2.24) is 9.88 Å². The minimum Gasteiger partial charge on any atom is -0.350 e. The van der Waals surface area contributed by atoms with Crippen LogP contribution in [0.2, 0.25) is 0 Å². The van der Waals surface area contributed by atoms with Gasteiger partial charge in [-0.05, 0) is 38.4 Å². The van der Waals surface area contributed by atoms with Gasteiger partial charge in [0, 0.05) is 24.5 Å². The average Bonchev–Trinajstić information content (AvgIpc) is 2.57. The Morgan fingerprint density at radius 2 is 2.08 bits per heavy atom. The summed E-state index contributed by atoms with van der Waals surface area (Å²) in [5.41, 5.74) is 0. The molecule has 0 aliphatic carbocycles. The van der Waals surface area contributed by atoms with Crippen LogP contribution in [0.5, 0.6) is 0 Å². The summed E-state index contributed by atoms with van der Waals surface area (Å²) in [6.45, 7) is 3.45. The first kappa shape index (κ1) is 7.87. The van der Waals surface area contributed by atoms with Gasteiger partial charge in [-0.1, -0.05) is 0 Å². The van der Waals surface area contributed by atoms with Crippen LogP contribution >= 0.6 is 0 Å². The van der Waals surface area contributed by atoms with Crippen molar-refractivity contribution in [2.45, 2.75) is 31.8 Å². The molecule has 1 aliphatic rings.